The fourth-order valence-electron chi connectivity index (χ4n) is 2.20. The predicted molar refractivity (Wildman–Crippen MR) is 103 cm³/mol. The number of hydrogen-bond donors (Lipinski definition) is 2. The molecule has 0 radical (unpaired) electrons. The van der Waals surface area contributed by atoms with Crippen LogP contribution in [0.5, 0.6) is 0 Å². The lowest BCUT2D eigenvalue weighted by atomic mass is 10.1. The molecule has 2 rings (SSSR count). The molecule has 27 heavy (non-hydrogen) atoms. The summed E-state index contributed by atoms with van der Waals surface area (Å²) in [5, 5.41) is 4.99. The Kier molecular flexibility index (Phi) is 6.79. The average Bonchev–Trinajstić information content (AvgIpc) is 2.54. The summed E-state index contributed by atoms with van der Waals surface area (Å²) in [5.41, 5.74) is -0.0838. The van der Waals surface area contributed by atoms with Gasteiger partial charge in [-0.3, -0.25) is 4.79 Å². The molecule has 0 unspecified atom stereocenters. The van der Waals surface area contributed by atoms with Crippen molar-refractivity contribution in [2.75, 3.05) is 5.32 Å². The number of carbonyl (C=O) groups is 1. The van der Waals surface area contributed by atoms with Crippen LogP contribution >= 0.6 is 46.4 Å². The summed E-state index contributed by atoms with van der Waals surface area (Å²) in [6.07, 6.45) is -5.93. The third kappa shape index (κ3) is 5.82. The molecule has 146 valence electrons. The van der Waals surface area contributed by atoms with E-state index in [9.17, 15) is 18.0 Å². The minimum atomic E-state index is -4.58. The molecule has 0 fully saturated rings. The van der Waals surface area contributed by atoms with Gasteiger partial charge in [-0.25, -0.2) is 0 Å². The van der Waals surface area contributed by atoms with Crippen LogP contribution in [0.15, 0.2) is 42.5 Å². The van der Waals surface area contributed by atoms with Gasteiger partial charge in [0.2, 0.25) is 3.79 Å². The minimum Gasteiger partial charge on any atom is -0.361 e. The molecular weight excluding hydrogens is 447 g/mol. The van der Waals surface area contributed by atoms with Crippen LogP contribution in [0.1, 0.15) is 21.5 Å². The van der Waals surface area contributed by atoms with Gasteiger partial charge in [-0.1, -0.05) is 64.6 Å². The SMILES string of the molecule is Cc1ccccc1C(=O)N[C@@H](Nc1cc(C(F)(F)F)ccc1Cl)C(Cl)(Cl)Cl. The molecule has 0 saturated heterocycles. The Morgan fingerprint density at radius 3 is 2.26 bits per heavy atom. The van der Waals surface area contributed by atoms with E-state index in [0.29, 0.717) is 11.1 Å². The summed E-state index contributed by atoms with van der Waals surface area (Å²) in [6, 6.07) is 9.34. The van der Waals surface area contributed by atoms with Crippen LogP contribution in [0.25, 0.3) is 0 Å². The number of nitrogens with one attached hydrogen (secondary N) is 2. The molecule has 2 aromatic carbocycles. The maximum Gasteiger partial charge on any atom is 0.416 e. The molecule has 3 nitrogen and oxygen atoms in total. The smallest absolute Gasteiger partial charge is 0.361 e. The minimum absolute atomic E-state index is 0.0348. The quantitative estimate of drug-likeness (QED) is 0.421. The lowest BCUT2D eigenvalue weighted by Gasteiger charge is -2.28. The summed E-state index contributed by atoms with van der Waals surface area (Å²) in [4.78, 5) is 12.5. The highest BCUT2D eigenvalue weighted by molar-refractivity contribution is 6.68. The van der Waals surface area contributed by atoms with E-state index < -0.39 is 27.6 Å². The number of aryl methyl sites for hydroxylation is 1. The lowest BCUT2D eigenvalue weighted by molar-refractivity contribution is -0.137. The first kappa shape index (κ1) is 22.0. The van der Waals surface area contributed by atoms with Crippen molar-refractivity contribution in [2.24, 2.45) is 0 Å². The Bertz CT molecular complexity index is 838. The van der Waals surface area contributed by atoms with E-state index in [-0.39, 0.29) is 10.7 Å². The molecule has 0 aliphatic heterocycles. The second kappa shape index (κ2) is 8.35. The fourth-order valence-corrected chi connectivity index (χ4v) is 2.70. The number of alkyl halides is 6. The van der Waals surface area contributed by atoms with Crippen LogP contribution in [0, 0.1) is 6.92 Å². The van der Waals surface area contributed by atoms with Gasteiger partial charge in [0, 0.05) is 5.56 Å². The summed E-state index contributed by atoms with van der Waals surface area (Å²) < 4.78 is 36.7. The number of anilines is 1. The second-order valence-corrected chi connectivity index (χ2v) is 8.38. The van der Waals surface area contributed by atoms with Crippen LogP contribution in [-0.2, 0) is 6.18 Å². The Morgan fingerprint density at radius 1 is 1.07 bits per heavy atom. The number of carbonyl (C=O) groups excluding carboxylic acids is 1. The maximum atomic E-state index is 12.9. The van der Waals surface area contributed by atoms with E-state index >= 15 is 0 Å². The van der Waals surface area contributed by atoms with Gasteiger partial charge in [-0.2, -0.15) is 13.2 Å². The number of rotatable bonds is 4. The van der Waals surface area contributed by atoms with Gasteiger partial charge in [-0.05, 0) is 36.8 Å². The van der Waals surface area contributed by atoms with Gasteiger partial charge < -0.3 is 10.6 Å². The summed E-state index contributed by atoms with van der Waals surface area (Å²) in [6.45, 7) is 1.72. The number of halogens is 7. The summed E-state index contributed by atoms with van der Waals surface area (Å²) >= 11 is 23.6. The van der Waals surface area contributed by atoms with Gasteiger partial charge in [0.15, 0.2) is 0 Å². The molecule has 0 aromatic heterocycles. The van der Waals surface area contributed by atoms with Crippen molar-refractivity contribution in [1.82, 2.24) is 5.32 Å². The average molecular weight is 460 g/mol. The number of benzene rings is 2. The molecule has 0 heterocycles. The van der Waals surface area contributed by atoms with Gasteiger partial charge in [-0.15, -0.1) is 0 Å². The molecule has 10 heteroatoms. The fraction of sp³-hybridized carbons (Fsp3) is 0.235. The standard InChI is InChI=1S/C17H13Cl4F3N2O/c1-9-4-2-3-5-11(9)14(27)26-15(16(19,20)21)25-13-8-10(17(22,23)24)6-7-12(13)18/h2-8,15,25H,1H3,(H,26,27)/t15-/m1/s1. The molecule has 0 aliphatic carbocycles. The van der Waals surface area contributed by atoms with E-state index in [1.54, 1.807) is 31.2 Å². The van der Waals surface area contributed by atoms with Gasteiger partial charge in [0.25, 0.3) is 5.91 Å². The summed E-state index contributed by atoms with van der Waals surface area (Å²) in [7, 11) is 0. The molecule has 0 spiro atoms. The van der Waals surface area contributed by atoms with Crippen molar-refractivity contribution in [3.8, 4) is 0 Å². The summed E-state index contributed by atoms with van der Waals surface area (Å²) in [5.74, 6) is -0.569. The normalized spacial score (nSPS) is 13.2. The van der Waals surface area contributed by atoms with Crippen molar-refractivity contribution in [1.29, 1.82) is 0 Å². The van der Waals surface area contributed by atoms with Gasteiger partial charge in [0.1, 0.15) is 6.17 Å². The van der Waals surface area contributed by atoms with Crippen molar-refractivity contribution in [3.05, 3.63) is 64.2 Å². The van der Waals surface area contributed by atoms with E-state index in [1.165, 1.54) is 0 Å². The zero-order valence-electron chi connectivity index (χ0n) is 13.7. The molecule has 1 atom stereocenters. The second-order valence-electron chi connectivity index (χ2n) is 5.60. The van der Waals surface area contributed by atoms with Crippen LogP contribution in [0.4, 0.5) is 18.9 Å². The monoisotopic (exact) mass is 458 g/mol. The molecule has 0 saturated carbocycles. The lowest BCUT2D eigenvalue weighted by Crippen LogP contribution is -2.49. The molecule has 0 bridgehead atoms. The van der Waals surface area contributed by atoms with Crippen molar-refractivity contribution in [2.45, 2.75) is 23.1 Å². The van der Waals surface area contributed by atoms with E-state index in [2.05, 4.69) is 10.6 Å². The third-order valence-corrected chi connectivity index (χ3v) is 4.57. The molecule has 2 N–H and O–H groups in total. The van der Waals surface area contributed by atoms with E-state index in [4.69, 9.17) is 46.4 Å². The van der Waals surface area contributed by atoms with Crippen LogP contribution in [-0.4, -0.2) is 15.9 Å². The van der Waals surface area contributed by atoms with E-state index in [0.717, 1.165) is 18.2 Å². The maximum absolute atomic E-state index is 12.9. The first-order valence-corrected chi connectivity index (χ1v) is 8.97. The number of hydrogen-bond acceptors (Lipinski definition) is 2. The Morgan fingerprint density at radius 2 is 1.70 bits per heavy atom. The van der Waals surface area contributed by atoms with Crippen LogP contribution < -0.4 is 10.6 Å². The molecule has 2 aromatic rings. The Hall–Kier alpha value is -1.34. The highest BCUT2D eigenvalue weighted by Gasteiger charge is 2.36. The first-order valence-electron chi connectivity index (χ1n) is 7.46. The topological polar surface area (TPSA) is 41.1 Å². The predicted octanol–water partition coefficient (Wildman–Crippen LogP) is 6.21. The number of amides is 1. The van der Waals surface area contributed by atoms with Gasteiger partial charge >= 0.3 is 6.18 Å². The molecule has 1 amide bonds. The van der Waals surface area contributed by atoms with Crippen molar-refractivity contribution < 1.29 is 18.0 Å². The van der Waals surface area contributed by atoms with Crippen molar-refractivity contribution in [3.63, 3.8) is 0 Å². The molecular formula is C17H13Cl4F3N2O. The third-order valence-electron chi connectivity index (χ3n) is 3.59. The zero-order chi connectivity index (χ0) is 20.4. The van der Waals surface area contributed by atoms with Crippen molar-refractivity contribution >= 4 is 58.0 Å². The van der Waals surface area contributed by atoms with Gasteiger partial charge in [0.05, 0.1) is 16.3 Å². The highest BCUT2D eigenvalue weighted by Crippen LogP contribution is 2.36. The first-order chi connectivity index (χ1) is 12.4. The largest absolute Gasteiger partial charge is 0.416 e. The molecule has 0 aliphatic rings. The van der Waals surface area contributed by atoms with E-state index in [1.807, 2.05) is 0 Å². The Labute approximate surface area is 173 Å². The van der Waals surface area contributed by atoms with Crippen LogP contribution in [0.2, 0.25) is 5.02 Å². The van der Waals surface area contributed by atoms with Crippen LogP contribution in [0.3, 0.4) is 0 Å². The Balaban J connectivity index is 2.31. The zero-order valence-corrected chi connectivity index (χ0v) is 16.7. The highest BCUT2D eigenvalue weighted by atomic mass is 35.6.